The molecular weight excluding hydrogens is 295 g/mol. The zero-order chi connectivity index (χ0) is 13.3. The van der Waals surface area contributed by atoms with Crippen LogP contribution in [0.4, 0.5) is 13.2 Å². The lowest BCUT2D eigenvalue weighted by Crippen LogP contribution is -2.47. The van der Waals surface area contributed by atoms with Gasteiger partial charge in [0.2, 0.25) is 3.79 Å². The van der Waals surface area contributed by atoms with E-state index in [1.54, 1.807) is 30.3 Å². The molecule has 0 aliphatic carbocycles. The maximum Gasteiger partial charge on any atom is 0.398 e. The Balaban J connectivity index is 3.11. The molecule has 0 heterocycles. The number of alkyl halides is 6. The number of benzene rings is 1. The third-order valence-corrected chi connectivity index (χ3v) is 3.90. The lowest BCUT2D eigenvalue weighted by molar-refractivity contribution is -0.216. The van der Waals surface area contributed by atoms with Crippen LogP contribution >= 0.6 is 34.8 Å². The standard InChI is InChI=1S/C11H10Cl3F3/c1-9(10(12,13)14,11(15,16)17)7-8-5-3-2-4-6-8/h2-6H,7H2,1H3. The molecule has 0 nitrogen and oxygen atoms in total. The van der Waals surface area contributed by atoms with Gasteiger partial charge in [0.05, 0.1) is 0 Å². The summed E-state index contributed by atoms with van der Waals surface area (Å²) < 4.78 is 36.7. The third kappa shape index (κ3) is 3.21. The van der Waals surface area contributed by atoms with E-state index in [1.807, 2.05) is 0 Å². The molecule has 1 unspecified atom stereocenters. The fraction of sp³-hybridized carbons (Fsp3) is 0.455. The Hall–Kier alpha value is -0.120. The Morgan fingerprint density at radius 1 is 1.00 bits per heavy atom. The van der Waals surface area contributed by atoms with E-state index < -0.39 is 15.4 Å². The van der Waals surface area contributed by atoms with E-state index in [1.165, 1.54) is 0 Å². The van der Waals surface area contributed by atoms with Crippen molar-refractivity contribution in [1.29, 1.82) is 0 Å². The molecule has 0 fully saturated rings. The van der Waals surface area contributed by atoms with E-state index in [-0.39, 0.29) is 6.42 Å². The molecule has 96 valence electrons. The highest BCUT2D eigenvalue weighted by Gasteiger charge is 2.62. The largest absolute Gasteiger partial charge is 0.398 e. The lowest BCUT2D eigenvalue weighted by atomic mass is 9.84. The van der Waals surface area contributed by atoms with E-state index in [0.29, 0.717) is 5.56 Å². The van der Waals surface area contributed by atoms with Crippen LogP contribution in [0.1, 0.15) is 12.5 Å². The van der Waals surface area contributed by atoms with Crippen molar-refractivity contribution in [3.05, 3.63) is 35.9 Å². The van der Waals surface area contributed by atoms with E-state index in [0.717, 1.165) is 6.92 Å². The zero-order valence-electron chi connectivity index (χ0n) is 8.86. The molecule has 0 radical (unpaired) electrons. The van der Waals surface area contributed by atoms with Crippen LogP contribution in [0.15, 0.2) is 30.3 Å². The quantitative estimate of drug-likeness (QED) is 0.661. The van der Waals surface area contributed by atoms with Crippen molar-refractivity contribution >= 4 is 34.8 Å². The summed E-state index contributed by atoms with van der Waals surface area (Å²) in [6, 6.07) is 8.14. The van der Waals surface area contributed by atoms with Crippen molar-refractivity contribution in [1.82, 2.24) is 0 Å². The Labute approximate surface area is 113 Å². The second-order valence-corrected chi connectivity index (χ2v) is 6.27. The van der Waals surface area contributed by atoms with Gasteiger partial charge in [-0.05, 0) is 18.9 Å². The van der Waals surface area contributed by atoms with Crippen LogP contribution in [0.25, 0.3) is 0 Å². The highest BCUT2D eigenvalue weighted by atomic mass is 35.6. The predicted molar refractivity (Wildman–Crippen MR) is 64.6 cm³/mol. The van der Waals surface area contributed by atoms with Crippen molar-refractivity contribution in [3.63, 3.8) is 0 Å². The Morgan fingerprint density at radius 3 is 1.82 bits per heavy atom. The van der Waals surface area contributed by atoms with Crippen molar-refractivity contribution < 1.29 is 13.2 Å². The lowest BCUT2D eigenvalue weighted by Gasteiger charge is -2.37. The molecule has 0 bridgehead atoms. The Bertz CT molecular complexity index is 354. The highest BCUT2D eigenvalue weighted by molar-refractivity contribution is 6.68. The van der Waals surface area contributed by atoms with Crippen LogP contribution in [-0.4, -0.2) is 9.97 Å². The summed E-state index contributed by atoms with van der Waals surface area (Å²) in [6.07, 6.45) is -4.98. The fourth-order valence-electron chi connectivity index (χ4n) is 1.37. The van der Waals surface area contributed by atoms with Gasteiger partial charge in [0.15, 0.2) is 0 Å². The minimum Gasteiger partial charge on any atom is -0.170 e. The molecule has 0 N–H and O–H groups in total. The highest BCUT2D eigenvalue weighted by Crippen LogP contribution is 2.55. The van der Waals surface area contributed by atoms with Gasteiger partial charge in [-0.25, -0.2) is 0 Å². The summed E-state index contributed by atoms with van der Waals surface area (Å²) in [5.41, 5.74) is -1.95. The number of halogens is 6. The molecule has 0 saturated carbocycles. The van der Waals surface area contributed by atoms with Gasteiger partial charge >= 0.3 is 6.18 Å². The fourth-order valence-corrected chi connectivity index (χ4v) is 1.89. The SMILES string of the molecule is CC(Cc1ccccc1)(C(F)(F)F)C(Cl)(Cl)Cl. The summed E-state index contributed by atoms with van der Waals surface area (Å²) in [6.45, 7) is 0.910. The van der Waals surface area contributed by atoms with Gasteiger partial charge in [-0.3, -0.25) is 0 Å². The van der Waals surface area contributed by atoms with E-state index in [4.69, 9.17) is 34.8 Å². The second-order valence-electron chi connectivity index (χ2n) is 3.99. The van der Waals surface area contributed by atoms with Crippen LogP contribution in [0.3, 0.4) is 0 Å². The van der Waals surface area contributed by atoms with E-state index >= 15 is 0 Å². The average molecular weight is 306 g/mol. The number of hydrogen-bond donors (Lipinski definition) is 0. The van der Waals surface area contributed by atoms with Crippen molar-refractivity contribution in [3.8, 4) is 0 Å². The summed E-state index contributed by atoms with van der Waals surface area (Å²) in [5.74, 6) is 0. The predicted octanol–water partition coefficient (Wildman–Crippen LogP) is 5.17. The first kappa shape index (κ1) is 14.9. The third-order valence-electron chi connectivity index (χ3n) is 2.65. The monoisotopic (exact) mass is 304 g/mol. The molecule has 1 rings (SSSR count). The number of rotatable bonds is 2. The number of hydrogen-bond acceptors (Lipinski definition) is 0. The van der Waals surface area contributed by atoms with Crippen molar-refractivity contribution in [2.75, 3.05) is 0 Å². The van der Waals surface area contributed by atoms with Gasteiger partial charge in [-0.15, -0.1) is 0 Å². The molecule has 1 aromatic rings. The van der Waals surface area contributed by atoms with E-state index in [9.17, 15) is 13.2 Å². The van der Waals surface area contributed by atoms with Gasteiger partial charge in [0.25, 0.3) is 0 Å². The van der Waals surface area contributed by atoms with Crippen LogP contribution in [0, 0.1) is 5.41 Å². The normalized spacial score (nSPS) is 16.6. The Morgan fingerprint density at radius 2 is 1.47 bits per heavy atom. The summed E-state index contributed by atoms with van der Waals surface area (Å²) in [5, 5.41) is 0. The van der Waals surface area contributed by atoms with Crippen molar-refractivity contribution in [2.24, 2.45) is 5.41 Å². The topological polar surface area (TPSA) is 0 Å². The second kappa shape index (κ2) is 4.87. The molecule has 1 aromatic carbocycles. The maximum absolute atomic E-state index is 13.0. The first-order valence-corrected chi connectivity index (χ1v) is 5.89. The molecule has 0 aliphatic heterocycles. The molecule has 0 amide bonds. The van der Waals surface area contributed by atoms with Gasteiger partial charge in [-0.1, -0.05) is 65.1 Å². The summed E-state index contributed by atoms with van der Waals surface area (Å²) in [4.78, 5) is 0. The first-order valence-electron chi connectivity index (χ1n) is 4.75. The summed E-state index contributed by atoms with van der Waals surface area (Å²) in [7, 11) is 0. The molecule has 0 spiro atoms. The smallest absolute Gasteiger partial charge is 0.170 e. The maximum atomic E-state index is 13.0. The Kier molecular flexibility index (Phi) is 4.28. The molecule has 6 heteroatoms. The van der Waals surface area contributed by atoms with Gasteiger partial charge < -0.3 is 0 Å². The molecule has 0 aromatic heterocycles. The molecular formula is C11H10Cl3F3. The first-order chi connectivity index (χ1) is 7.58. The van der Waals surface area contributed by atoms with Crippen LogP contribution in [0.5, 0.6) is 0 Å². The van der Waals surface area contributed by atoms with Gasteiger partial charge in [0.1, 0.15) is 5.41 Å². The van der Waals surface area contributed by atoms with Crippen molar-refractivity contribution in [2.45, 2.75) is 23.3 Å². The zero-order valence-corrected chi connectivity index (χ0v) is 11.1. The van der Waals surface area contributed by atoms with Crippen LogP contribution in [0.2, 0.25) is 0 Å². The van der Waals surface area contributed by atoms with Gasteiger partial charge in [0, 0.05) is 0 Å². The summed E-state index contributed by atoms with van der Waals surface area (Å²) >= 11 is 16.5. The molecule has 0 saturated heterocycles. The van der Waals surface area contributed by atoms with Crippen LogP contribution < -0.4 is 0 Å². The van der Waals surface area contributed by atoms with E-state index in [2.05, 4.69) is 0 Å². The minimum atomic E-state index is -4.60. The molecule has 1 atom stereocenters. The average Bonchev–Trinajstić information content (AvgIpc) is 2.15. The molecule has 0 aliphatic rings. The minimum absolute atomic E-state index is 0.381. The van der Waals surface area contributed by atoms with Gasteiger partial charge in [-0.2, -0.15) is 13.2 Å². The van der Waals surface area contributed by atoms with Crippen LogP contribution in [-0.2, 0) is 6.42 Å². The molecule has 17 heavy (non-hydrogen) atoms.